The Kier molecular flexibility index (Phi) is 7.63. The van der Waals surface area contributed by atoms with Crippen molar-refractivity contribution in [3.8, 4) is 5.75 Å². The van der Waals surface area contributed by atoms with Gasteiger partial charge in [0.05, 0.1) is 0 Å². The van der Waals surface area contributed by atoms with Gasteiger partial charge in [-0.25, -0.2) is 13.2 Å². The molecule has 0 saturated heterocycles. The molecule has 0 unspecified atom stereocenters. The van der Waals surface area contributed by atoms with Gasteiger partial charge in [0.1, 0.15) is 5.82 Å². The Hall–Kier alpha value is -3.48. The number of rotatable bonds is 9. The third-order valence-corrected chi connectivity index (χ3v) is 6.01. The third kappa shape index (κ3) is 5.96. The first kappa shape index (κ1) is 24.6. The molecule has 35 heavy (non-hydrogen) atoms. The first-order valence-electron chi connectivity index (χ1n) is 11.4. The highest BCUT2D eigenvalue weighted by Gasteiger charge is 2.17. The number of alkyl halides is 2. The van der Waals surface area contributed by atoms with Crippen LogP contribution < -0.4 is 4.74 Å². The van der Waals surface area contributed by atoms with Crippen LogP contribution in [0.25, 0.3) is 10.8 Å². The van der Waals surface area contributed by atoms with Crippen LogP contribution in [-0.2, 0) is 32.1 Å². The molecule has 0 spiro atoms. The summed E-state index contributed by atoms with van der Waals surface area (Å²) in [6.45, 7) is -1.25. The predicted octanol–water partition coefficient (Wildman–Crippen LogP) is 7.39. The zero-order chi connectivity index (χ0) is 24.9. The lowest BCUT2D eigenvalue weighted by Gasteiger charge is -2.11. The number of benzene rings is 3. The Bertz CT molecular complexity index is 1300. The zero-order valence-corrected chi connectivity index (χ0v) is 19.1. The Morgan fingerprint density at radius 1 is 0.771 bits per heavy atom. The molecule has 0 aliphatic carbocycles. The average Bonchev–Trinajstić information content (AvgIpc) is 2.84. The van der Waals surface area contributed by atoms with Crippen LogP contribution in [0.1, 0.15) is 34.9 Å². The van der Waals surface area contributed by atoms with Gasteiger partial charge < -0.3 is 4.74 Å². The number of aryl methyl sites for hydroxylation is 5. The topological polar surface area (TPSA) is 22.1 Å². The van der Waals surface area contributed by atoms with Crippen molar-refractivity contribution in [3.05, 3.63) is 106 Å². The van der Waals surface area contributed by atoms with E-state index in [4.69, 9.17) is 0 Å². The monoisotopic (exact) mass is 485 g/mol. The van der Waals surface area contributed by atoms with Gasteiger partial charge >= 0.3 is 6.61 Å². The highest BCUT2D eigenvalue weighted by Crippen LogP contribution is 2.27. The first-order valence-corrected chi connectivity index (χ1v) is 11.4. The number of hydrogen-bond acceptors (Lipinski definition) is 2. The van der Waals surface area contributed by atoms with Crippen LogP contribution in [0.15, 0.2) is 60.8 Å². The number of fused-ring (bicyclic) bond motifs is 1. The Morgan fingerprint density at radius 2 is 1.49 bits per heavy atom. The number of pyridine rings is 1. The lowest BCUT2D eigenvalue weighted by atomic mass is 9.97. The maximum absolute atomic E-state index is 15.1. The van der Waals surface area contributed by atoms with Crippen LogP contribution in [0.5, 0.6) is 5.75 Å². The fourth-order valence-corrected chi connectivity index (χ4v) is 4.06. The molecular weight excluding hydrogens is 461 g/mol. The molecule has 4 rings (SSSR count). The van der Waals surface area contributed by atoms with E-state index in [1.165, 1.54) is 5.56 Å². The number of hydrogen-bond donors (Lipinski definition) is 0. The SMILES string of the molecule is CCc1ccc(CCc2ccc3c(F)c(CCc4cc(F)c(OC(F)F)c(F)c4)ccc3c2)nc1. The van der Waals surface area contributed by atoms with E-state index < -0.39 is 24.0 Å². The molecule has 0 N–H and O–H groups in total. The van der Waals surface area contributed by atoms with E-state index in [1.54, 1.807) is 12.1 Å². The fourth-order valence-electron chi connectivity index (χ4n) is 4.06. The average molecular weight is 485 g/mol. The molecule has 0 amide bonds. The van der Waals surface area contributed by atoms with E-state index in [0.29, 0.717) is 10.9 Å². The van der Waals surface area contributed by atoms with Crippen LogP contribution in [0.3, 0.4) is 0 Å². The smallest absolute Gasteiger partial charge is 0.387 e. The summed E-state index contributed by atoms with van der Waals surface area (Å²) in [5.41, 5.74) is 3.89. The van der Waals surface area contributed by atoms with Crippen molar-refractivity contribution in [2.45, 2.75) is 45.6 Å². The highest BCUT2D eigenvalue weighted by molar-refractivity contribution is 5.84. The lowest BCUT2D eigenvalue weighted by molar-refractivity contribution is -0.0546. The molecular formula is C28H24F5NO. The number of aromatic nitrogens is 1. The van der Waals surface area contributed by atoms with Gasteiger partial charge in [-0.15, -0.1) is 0 Å². The molecule has 0 radical (unpaired) electrons. The quantitative estimate of drug-likeness (QED) is 0.231. The fraction of sp³-hybridized carbons (Fsp3) is 0.250. The molecule has 3 aromatic carbocycles. The summed E-state index contributed by atoms with van der Waals surface area (Å²) >= 11 is 0. The first-order chi connectivity index (χ1) is 16.8. The normalized spacial score (nSPS) is 11.4. The molecule has 0 saturated carbocycles. The minimum absolute atomic E-state index is 0.132. The van der Waals surface area contributed by atoms with Crippen molar-refractivity contribution in [2.24, 2.45) is 0 Å². The Labute approximate surface area is 200 Å². The summed E-state index contributed by atoms with van der Waals surface area (Å²) in [6, 6.07) is 15.0. The number of nitrogens with zero attached hydrogens (tertiary/aromatic N) is 1. The van der Waals surface area contributed by atoms with Gasteiger partial charge in [0.2, 0.25) is 0 Å². The highest BCUT2D eigenvalue weighted by atomic mass is 19.3. The van der Waals surface area contributed by atoms with E-state index in [-0.39, 0.29) is 24.2 Å². The van der Waals surface area contributed by atoms with Gasteiger partial charge in [-0.1, -0.05) is 43.3 Å². The largest absolute Gasteiger partial charge is 0.429 e. The van der Waals surface area contributed by atoms with Crippen molar-refractivity contribution < 1.29 is 26.7 Å². The van der Waals surface area contributed by atoms with Gasteiger partial charge in [-0.05, 0) is 77.9 Å². The molecule has 4 aromatic rings. The third-order valence-electron chi connectivity index (χ3n) is 6.01. The number of halogens is 5. The van der Waals surface area contributed by atoms with Crippen LogP contribution in [-0.4, -0.2) is 11.6 Å². The summed E-state index contributed by atoms with van der Waals surface area (Å²) in [4.78, 5) is 4.48. The Balaban J connectivity index is 1.44. The Morgan fingerprint density at radius 3 is 2.14 bits per heavy atom. The predicted molar refractivity (Wildman–Crippen MR) is 125 cm³/mol. The second kappa shape index (κ2) is 10.8. The molecule has 0 bridgehead atoms. The minimum atomic E-state index is -3.33. The summed E-state index contributed by atoms with van der Waals surface area (Å²) < 4.78 is 71.5. The molecule has 7 heteroatoms. The van der Waals surface area contributed by atoms with Crippen LogP contribution in [0, 0.1) is 17.5 Å². The summed E-state index contributed by atoms with van der Waals surface area (Å²) in [5, 5.41) is 1.23. The molecule has 182 valence electrons. The molecule has 1 heterocycles. The van der Waals surface area contributed by atoms with Crippen LogP contribution in [0.2, 0.25) is 0 Å². The summed E-state index contributed by atoms with van der Waals surface area (Å²) in [5.74, 6) is -3.94. The van der Waals surface area contributed by atoms with Crippen molar-refractivity contribution in [1.82, 2.24) is 4.98 Å². The van der Waals surface area contributed by atoms with E-state index >= 15 is 4.39 Å². The van der Waals surface area contributed by atoms with Crippen LogP contribution >= 0.6 is 0 Å². The van der Waals surface area contributed by atoms with E-state index in [1.807, 2.05) is 30.5 Å². The van der Waals surface area contributed by atoms with Gasteiger partial charge in [0, 0.05) is 17.3 Å². The standard InChI is InChI=1S/C28H24F5NO/c1-2-17-4-10-22(34-16-17)11-5-18-6-12-23-21(13-18)9-8-20(26(23)31)7-3-19-14-24(29)27(25(30)15-19)35-28(32)33/h4,6,8-10,12-16,28H,2-3,5,7,11H2,1H3. The van der Waals surface area contributed by atoms with Crippen molar-refractivity contribution in [2.75, 3.05) is 0 Å². The zero-order valence-electron chi connectivity index (χ0n) is 19.1. The summed E-state index contributed by atoms with van der Waals surface area (Å²) in [6.07, 6.45) is 4.72. The van der Waals surface area contributed by atoms with Gasteiger partial charge in [0.25, 0.3) is 0 Å². The van der Waals surface area contributed by atoms with Gasteiger partial charge in [-0.3, -0.25) is 4.98 Å². The van der Waals surface area contributed by atoms with Crippen molar-refractivity contribution >= 4 is 10.8 Å². The second-order valence-electron chi connectivity index (χ2n) is 8.37. The molecule has 0 fully saturated rings. The second-order valence-corrected chi connectivity index (χ2v) is 8.37. The minimum Gasteiger partial charge on any atom is -0.429 e. The lowest BCUT2D eigenvalue weighted by Crippen LogP contribution is -2.06. The van der Waals surface area contributed by atoms with Crippen molar-refractivity contribution in [1.29, 1.82) is 0 Å². The molecule has 2 nitrogen and oxygen atoms in total. The van der Waals surface area contributed by atoms with Crippen LogP contribution in [0.4, 0.5) is 22.0 Å². The van der Waals surface area contributed by atoms with E-state index in [0.717, 1.165) is 48.0 Å². The maximum atomic E-state index is 15.1. The van der Waals surface area contributed by atoms with Crippen molar-refractivity contribution in [3.63, 3.8) is 0 Å². The van der Waals surface area contributed by atoms with E-state index in [9.17, 15) is 17.6 Å². The van der Waals surface area contributed by atoms with E-state index in [2.05, 4.69) is 22.7 Å². The summed E-state index contributed by atoms with van der Waals surface area (Å²) in [7, 11) is 0. The molecule has 0 atom stereocenters. The molecule has 1 aromatic heterocycles. The maximum Gasteiger partial charge on any atom is 0.387 e. The molecule has 0 aliphatic rings. The van der Waals surface area contributed by atoms with Gasteiger partial charge in [0.15, 0.2) is 17.4 Å². The van der Waals surface area contributed by atoms with Gasteiger partial charge in [-0.2, -0.15) is 8.78 Å². The number of ether oxygens (including phenoxy) is 1. The molecule has 0 aliphatic heterocycles.